The highest BCUT2D eigenvalue weighted by Gasteiger charge is 2.14. The largest absolute Gasteiger partial charge is 0.493 e. The maximum Gasteiger partial charge on any atom is 0.203 e. The summed E-state index contributed by atoms with van der Waals surface area (Å²) in [5.74, 6) is 2.00. The monoisotopic (exact) mass is 297 g/mol. The first-order chi connectivity index (χ1) is 10.1. The lowest BCUT2D eigenvalue weighted by molar-refractivity contribution is 0.182. The Morgan fingerprint density at radius 1 is 1.00 bits per heavy atom. The van der Waals surface area contributed by atoms with Crippen LogP contribution in [0.25, 0.3) is 0 Å². The van der Waals surface area contributed by atoms with Crippen LogP contribution < -0.4 is 19.9 Å². The molecular weight excluding hydrogens is 270 g/mol. The summed E-state index contributed by atoms with van der Waals surface area (Å²) in [5.41, 5.74) is 6.92. The van der Waals surface area contributed by atoms with E-state index in [9.17, 15) is 0 Å². The number of hydrogen-bond donors (Lipinski definition) is 1. The van der Waals surface area contributed by atoms with E-state index in [1.54, 1.807) is 21.3 Å². The number of rotatable bonds is 10. The van der Waals surface area contributed by atoms with Crippen molar-refractivity contribution in [1.29, 1.82) is 0 Å². The van der Waals surface area contributed by atoms with Crippen LogP contribution >= 0.6 is 0 Å². The van der Waals surface area contributed by atoms with Crippen LogP contribution in [-0.2, 0) is 11.2 Å². The van der Waals surface area contributed by atoms with Crippen LogP contribution in [0.1, 0.15) is 25.3 Å². The molecule has 0 aliphatic heterocycles. The number of methoxy groups -OCH3 is 3. The van der Waals surface area contributed by atoms with Gasteiger partial charge in [-0.2, -0.15) is 0 Å². The Labute approximate surface area is 127 Å². The van der Waals surface area contributed by atoms with Crippen LogP contribution in [0.4, 0.5) is 0 Å². The lowest BCUT2D eigenvalue weighted by Gasteiger charge is -2.16. The van der Waals surface area contributed by atoms with Gasteiger partial charge in [-0.25, -0.2) is 0 Å². The zero-order chi connectivity index (χ0) is 15.7. The van der Waals surface area contributed by atoms with Gasteiger partial charge < -0.3 is 24.7 Å². The van der Waals surface area contributed by atoms with Crippen LogP contribution in [0.3, 0.4) is 0 Å². The van der Waals surface area contributed by atoms with Gasteiger partial charge in [0.25, 0.3) is 0 Å². The van der Waals surface area contributed by atoms with Gasteiger partial charge in [-0.15, -0.1) is 0 Å². The summed E-state index contributed by atoms with van der Waals surface area (Å²) >= 11 is 0. The molecule has 0 aliphatic carbocycles. The van der Waals surface area contributed by atoms with E-state index in [0.29, 0.717) is 23.9 Å². The molecule has 120 valence electrons. The summed E-state index contributed by atoms with van der Waals surface area (Å²) in [7, 11) is 4.95. The van der Waals surface area contributed by atoms with Gasteiger partial charge in [-0.1, -0.05) is 0 Å². The molecule has 1 aromatic carbocycles. The molecule has 5 nitrogen and oxygen atoms in total. The van der Waals surface area contributed by atoms with Crippen LogP contribution in [0.5, 0.6) is 17.2 Å². The zero-order valence-electron chi connectivity index (χ0n) is 13.5. The number of nitrogens with two attached hydrogens (primary N) is 1. The van der Waals surface area contributed by atoms with E-state index in [-0.39, 0.29) is 6.04 Å². The molecule has 1 rings (SSSR count). The molecule has 1 aromatic rings. The fourth-order valence-corrected chi connectivity index (χ4v) is 2.09. The molecule has 0 saturated heterocycles. The fraction of sp³-hybridized carbons (Fsp3) is 0.625. The summed E-state index contributed by atoms with van der Waals surface area (Å²) in [5, 5.41) is 0. The van der Waals surface area contributed by atoms with Crippen molar-refractivity contribution in [3.8, 4) is 17.2 Å². The minimum atomic E-state index is 0.0835. The molecule has 0 aromatic heterocycles. The van der Waals surface area contributed by atoms with Crippen molar-refractivity contribution in [2.45, 2.75) is 32.2 Å². The smallest absolute Gasteiger partial charge is 0.203 e. The van der Waals surface area contributed by atoms with Crippen molar-refractivity contribution < 1.29 is 18.9 Å². The Morgan fingerprint density at radius 3 is 2.05 bits per heavy atom. The molecule has 1 atom stereocenters. The quantitative estimate of drug-likeness (QED) is 0.672. The van der Waals surface area contributed by atoms with Crippen LogP contribution in [0, 0.1) is 0 Å². The van der Waals surface area contributed by atoms with Crippen molar-refractivity contribution in [3.63, 3.8) is 0 Å². The minimum Gasteiger partial charge on any atom is -0.493 e. The average molecular weight is 297 g/mol. The second kappa shape index (κ2) is 9.47. The maximum absolute atomic E-state index is 5.85. The molecule has 0 heterocycles. The van der Waals surface area contributed by atoms with Crippen LogP contribution in [0.15, 0.2) is 12.1 Å². The summed E-state index contributed by atoms with van der Waals surface area (Å²) in [6.45, 7) is 3.31. The predicted octanol–water partition coefficient (Wildman–Crippen LogP) is 2.40. The molecule has 0 radical (unpaired) electrons. The third-order valence-electron chi connectivity index (χ3n) is 3.07. The Hall–Kier alpha value is -1.46. The van der Waals surface area contributed by atoms with Gasteiger partial charge in [-0.3, -0.25) is 0 Å². The standard InChI is InChI=1S/C16H27NO4/c1-12(17)9-13-10-14(19-3)16(15(11-13)20-4)21-8-6-5-7-18-2/h10-12H,5-9,17H2,1-4H3. The van der Waals surface area contributed by atoms with Gasteiger partial charge in [0.05, 0.1) is 20.8 Å². The van der Waals surface area contributed by atoms with Gasteiger partial charge in [0, 0.05) is 19.8 Å². The summed E-state index contributed by atoms with van der Waals surface area (Å²) < 4.78 is 21.7. The summed E-state index contributed by atoms with van der Waals surface area (Å²) in [4.78, 5) is 0. The van der Waals surface area contributed by atoms with Crippen LogP contribution in [0.2, 0.25) is 0 Å². The maximum atomic E-state index is 5.85. The number of ether oxygens (including phenoxy) is 4. The molecule has 0 bridgehead atoms. The van der Waals surface area contributed by atoms with E-state index >= 15 is 0 Å². The Morgan fingerprint density at radius 2 is 1.57 bits per heavy atom. The number of benzene rings is 1. The second-order valence-corrected chi connectivity index (χ2v) is 5.06. The van der Waals surface area contributed by atoms with Crippen molar-refractivity contribution in [2.75, 3.05) is 34.5 Å². The highest BCUT2D eigenvalue weighted by molar-refractivity contribution is 5.54. The van der Waals surface area contributed by atoms with Gasteiger partial charge in [0.2, 0.25) is 5.75 Å². The lowest BCUT2D eigenvalue weighted by Crippen LogP contribution is -2.17. The van der Waals surface area contributed by atoms with Crippen molar-refractivity contribution >= 4 is 0 Å². The van der Waals surface area contributed by atoms with E-state index in [0.717, 1.165) is 31.4 Å². The fourth-order valence-electron chi connectivity index (χ4n) is 2.09. The van der Waals surface area contributed by atoms with Gasteiger partial charge >= 0.3 is 0 Å². The third-order valence-corrected chi connectivity index (χ3v) is 3.07. The van der Waals surface area contributed by atoms with Gasteiger partial charge in [0.1, 0.15) is 0 Å². The van der Waals surface area contributed by atoms with E-state index in [1.807, 2.05) is 19.1 Å². The molecule has 0 saturated carbocycles. The normalized spacial score (nSPS) is 12.0. The number of unbranched alkanes of at least 4 members (excludes halogenated alkanes) is 1. The molecule has 5 heteroatoms. The number of hydrogen-bond acceptors (Lipinski definition) is 5. The molecule has 1 unspecified atom stereocenters. The molecule has 0 fully saturated rings. The van der Waals surface area contributed by atoms with E-state index < -0.39 is 0 Å². The molecule has 0 spiro atoms. The van der Waals surface area contributed by atoms with Gasteiger partial charge in [-0.05, 0) is 43.9 Å². The summed E-state index contributed by atoms with van der Waals surface area (Å²) in [6.07, 6.45) is 2.65. The topological polar surface area (TPSA) is 62.9 Å². The zero-order valence-corrected chi connectivity index (χ0v) is 13.5. The Balaban J connectivity index is 2.80. The highest BCUT2D eigenvalue weighted by atomic mass is 16.5. The van der Waals surface area contributed by atoms with Crippen LogP contribution in [-0.4, -0.2) is 40.6 Å². The molecule has 0 amide bonds. The Kier molecular flexibility index (Phi) is 7.93. The van der Waals surface area contributed by atoms with E-state index in [1.165, 1.54) is 0 Å². The van der Waals surface area contributed by atoms with Crippen molar-refractivity contribution in [3.05, 3.63) is 17.7 Å². The predicted molar refractivity (Wildman–Crippen MR) is 83.5 cm³/mol. The highest BCUT2D eigenvalue weighted by Crippen LogP contribution is 2.38. The van der Waals surface area contributed by atoms with Crippen molar-refractivity contribution in [1.82, 2.24) is 0 Å². The third kappa shape index (κ3) is 5.81. The lowest BCUT2D eigenvalue weighted by atomic mass is 10.1. The van der Waals surface area contributed by atoms with Crippen molar-refractivity contribution in [2.24, 2.45) is 5.73 Å². The average Bonchev–Trinajstić information content (AvgIpc) is 2.46. The minimum absolute atomic E-state index is 0.0835. The molecule has 21 heavy (non-hydrogen) atoms. The van der Waals surface area contributed by atoms with E-state index in [4.69, 9.17) is 24.7 Å². The molecule has 2 N–H and O–H groups in total. The van der Waals surface area contributed by atoms with Gasteiger partial charge in [0.15, 0.2) is 11.5 Å². The first kappa shape index (κ1) is 17.6. The Bertz CT molecular complexity index is 396. The SMILES string of the molecule is COCCCCOc1c(OC)cc(CC(C)N)cc1OC. The first-order valence-electron chi connectivity index (χ1n) is 7.24. The second-order valence-electron chi connectivity index (χ2n) is 5.06. The molecule has 0 aliphatic rings. The van der Waals surface area contributed by atoms with E-state index in [2.05, 4.69) is 0 Å². The molecular formula is C16H27NO4. The summed E-state index contributed by atoms with van der Waals surface area (Å²) in [6, 6.07) is 3.99. The first-order valence-corrected chi connectivity index (χ1v) is 7.24.